The molecule has 0 unspecified atom stereocenters. The lowest BCUT2D eigenvalue weighted by molar-refractivity contribution is 0.0184. The van der Waals surface area contributed by atoms with Gasteiger partial charge in [-0.05, 0) is 13.3 Å². The van der Waals surface area contributed by atoms with Crippen molar-refractivity contribution in [3.8, 4) is 0 Å². The van der Waals surface area contributed by atoms with Crippen molar-refractivity contribution >= 4 is 17.4 Å². The third-order valence-electron chi connectivity index (χ3n) is 3.52. The van der Waals surface area contributed by atoms with Crippen molar-refractivity contribution in [2.45, 2.75) is 26.3 Å². The van der Waals surface area contributed by atoms with Gasteiger partial charge in [-0.2, -0.15) is 0 Å². The Hall–Kier alpha value is -1.11. The molecule has 2 rings (SSSR count). The number of H-pyrrole nitrogens is 1. The lowest BCUT2D eigenvalue weighted by atomic mass is 10.1. The summed E-state index contributed by atoms with van der Waals surface area (Å²) in [5, 5.41) is 3.32. The van der Waals surface area contributed by atoms with Gasteiger partial charge in [0.05, 0.1) is 13.2 Å². The molecule has 1 aliphatic rings. The van der Waals surface area contributed by atoms with E-state index in [1.165, 1.54) is 0 Å². The first-order valence-electron chi connectivity index (χ1n) is 6.94. The molecule has 7 heteroatoms. The average Bonchev–Trinajstić information content (AvgIpc) is 2.45. The van der Waals surface area contributed by atoms with Crippen LogP contribution < -0.4 is 10.9 Å². The van der Waals surface area contributed by atoms with Crippen LogP contribution in [0.5, 0.6) is 0 Å². The first-order chi connectivity index (χ1) is 9.61. The number of ether oxygens (including phenoxy) is 1. The van der Waals surface area contributed by atoms with Crippen LogP contribution in [-0.2, 0) is 4.74 Å². The van der Waals surface area contributed by atoms with E-state index in [4.69, 9.17) is 16.3 Å². The Morgan fingerprint density at radius 3 is 2.85 bits per heavy atom. The number of nitrogens with one attached hydrogen (secondary N) is 2. The van der Waals surface area contributed by atoms with Crippen molar-refractivity contribution in [2.75, 3.05) is 38.2 Å². The van der Waals surface area contributed by atoms with Gasteiger partial charge in [-0.1, -0.05) is 18.5 Å². The lowest BCUT2D eigenvalue weighted by Gasteiger charge is -2.34. The van der Waals surface area contributed by atoms with Crippen LogP contribution in [0.1, 0.15) is 19.2 Å². The van der Waals surface area contributed by atoms with E-state index in [1.807, 2.05) is 0 Å². The van der Waals surface area contributed by atoms with Crippen LogP contribution in [0.2, 0.25) is 5.02 Å². The number of aryl methyl sites for hydroxylation is 1. The topological polar surface area (TPSA) is 70.2 Å². The zero-order chi connectivity index (χ0) is 14.5. The van der Waals surface area contributed by atoms with E-state index >= 15 is 0 Å². The molecular formula is C13H21ClN4O2. The molecule has 0 spiro atoms. The monoisotopic (exact) mass is 300 g/mol. The molecule has 0 aliphatic carbocycles. The first-order valence-corrected chi connectivity index (χ1v) is 7.31. The maximum Gasteiger partial charge on any atom is 0.271 e. The minimum absolute atomic E-state index is 0.118. The maximum absolute atomic E-state index is 11.6. The molecular weight excluding hydrogens is 280 g/mol. The third kappa shape index (κ3) is 3.71. The first kappa shape index (κ1) is 15.3. The van der Waals surface area contributed by atoms with Crippen molar-refractivity contribution in [3.63, 3.8) is 0 Å². The minimum atomic E-state index is -0.305. The number of hydrogen-bond acceptors (Lipinski definition) is 5. The number of hydrogen-bond donors (Lipinski definition) is 2. The second kappa shape index (κ2) is 7.06. The standard InChI is InChI=1S/C13H21ClN4O2/c1-3-10(18-4-6-20-7-5-18)8-15-12-11(14)13(19)17-9(2)16-12/h10H,3-8H2,1-2H3,(H2,15,16,17,19)/t10-/m0/s1. The Kier molecular flexibility index (Phi) is 5.39. The highest BCUT2D eigenvalue weighted by Crippen LogP contribution is 2.15. The predicted octanol–water partition coefficient (Wildman–Crippen LogP) is 1.25. The lowest BCUT2D eigenvalue weighted by Crippen LogP contribution is -2.46. The normalized spacial score (nSPS) is 17.9. The average molecular weight is 301 g/mol. The molecule has 0 saturated carbocycles. The van der Waals surface area contributed by atoms with Crippen LogP contribution in [0.3, 0.4) is 0 Å². The van der Waals surface area contributed by atoms with E-state index in [0.717, 1.165) is 32.7 Å². The van der Waals surface area contributed by atoms with Gasteiger partial charge in [-0.25, -0.2) is 4.98 Å². The molecule has 20 heavy (non-hydrogen) atoms. The zero-order valence-electron chi connectivity index (χ0n) is 11.9. The molecule has 112 valence electrons. The number of morpholine rings is 1. The van der Waals surface area contributed by atoms with Crippen molar-refractivity contribution < 1.29 is 4.74 Å². The van der Waals surface area contributed by atoms with Crippen molar-refractivity contribution in [3.05, 3.63) is 21.2 Å². The van der Waals surface area contributed by atoms with Gasteiger partial charge in [0.15, 0.2) is 5.82 Å². The molecule has 0 amide bonds. The second-order valence-electron chi connectivity index (χ2n) is 4.91. The van der Waals surface area contributed by atoms with Gasteiger partial charge >= 0.3 is 0 Å². The highest BCUT2D eigenvalue weighted by molar-refractivity contribution is 6.32. The fourth-order valence-electron chi connectivity index (χ4n) is 2.38. The van der Waals surface area contributed by atoms with Crippen molar-refractivity contribution in [1.29, 1.82) is 0 Å². The van der Waals surface area contributed by atoms with Crippen LogP contribution in [0.25, 0.3) is 0 Å². The van der Waals surface area contributed by atoms with E-state index in [0.29, 0.717) is 24.2 Å². The highest BCUT2D eigenvalue weighted by atomic mass is 35.5. The molecule has 6 nitrogen and oxygen atoms in total. The Balaban J connectivity index is 2.01. The van der Waals surface area contributed by atoms with Gasteiger partial charge in [0, 0.05) is 25.7 Å². The molecule has 1 aliphatic heterocycles. The van der Waals surface area contributed by atoms with Crippen LogP contribution >= 0.6 is 11.6 Å². The number of nitrogens with zero attached hydrogens (tertiary/aromatic N) is 2. The summed E-state index contributed by atoms with van der Waals surface area (Å²) in [5.41, 5.74) is -0.305. The van der Waals surface area contributed by atoms with Crippen LogP contribution in [-0.4, -0.2) is 53.8 Å². The quantitative estimate of drug-likeness (QED) is 0.856. The molecule has 1 atom stereocenters. The summed E-state index contributed by atoms with van der Waals surface area (Å²) in [6, 6.07) is 0.386. The number of rotatable bonds is 5. The molecule has 1 aromatic rings. The fraction of sp³-hybridized carbons (Fsp3) is 0.692. The highest BCUT2D eigenvalue weighted by Gasteiger charge is 2.20. The summed E-state index contributed by atoms with van der Waals surface area (Å²) in [7, 11) is 0. The Morgan fingerprint density at radius 1 is 1.50 bits per heavy atom. The molecule has 1 saturated heterocycles. The maximum atomic E-state index is 11.6. The summed E-state index contributed by atoms with van der Waals surface area (Å²) < 4.78 is 5.37. The molecule has 0 radical (unpaired) electrons. The van der Waals surface area contributed by atoms with E-state index in [-0.39, 0.29) is 10.6 Å². The zero-order valence-corrected chi connectivity index (χ0v) is 12.7. The Morgan fingerprint density at radius 2 is 2.20 bits per heavy atom. The Labute approximate surface area is 123 Å². The summed E-state index contributed by atoms with van der Waals surface area (Å²) >= 11 is 5.98. The van der Waals surface area contributed by atoms with Gasteiger partial charge in [0.1, 0.15) is 10.8 Å². The largest absolute Gasteiger partial charge is 0.379 e. The molecule has 2 N–H and O–H groups in total. The Bertz CT molecular complexity index is 500. The smallest absolute Gasteiger partial charge is 0.271 e. The minimum Gasteiger partial charge on any atom is -0.379 e. The van der Waals surface area contributed by atoms with Gasteiger partial charge in [-0.15, -0.1) is 0 Å². The van der Waals surface area contributed by atoms with Crippen molar-refractivity contribution in [2.24, 2.45) is 0 Å². The van der Waals surface area contributed by atoms with Crippen LogP contribution in [0.15, 0.2) is 4.79 Å². The van der Waals surface area contributed by atoms with E-state index in [2.05, 4.69) is 27.1 Å². The molecule has 2 heterocycles. The summed E-state index contributed by atoms with van der Waals surface area (Å²) in [5.74, 6) is 1.01. The van der Waals surface area contributed by atoms with E-state index in [1.54, 1.807) is 6.92 Å². The predicted molar refractivity (Wildman–Crippen MR) is 79.6 cm³/mol. The van der Waals surface area contributed by atoms with Crippen LogP contribution in [0.4, 0.5) is 5.82 Å². The summed E-state index contributed by atoms with van der Waals surface area (Å²) in [6.07, 6.45) is 1.02. The number of halogens is 1. The van der Waals surface area contributed by atoms with Crippen molar-refractivity contribution in [1.82, 2.24) is 14.9 Å². The van der Waals surface area contributed by atoms with Crippen LogP contribution in [0, 0.1) is 6.92 Å². The van der Waals surface area contributed by atoms with Gasteiger partial charge < -0.3 is 15.0 Å². The summed E-state index contributed by atoms with van der Waals surface area (Å²) in [6.45, 7) is 8.04. The third-order valence-corrected chi connectivity index (χ3v) is 3.87. The molecule has 1 fully saturated rings. The summed E-state index contributed by atoms with van der Waals surface area (Å²) in [4.78, 5) is 20.8. The molecule has 0 bridgehead atoms. The SMILES string of the molecule is CC[C@@H](CNc1nc(C)[nH]c(=O)c1Cl)N1CCOCC1. The second-order valence-corrected chi connectivity index (χ2v) is 5.28. The fourth-order valence-corrected chi connectivity index (χ4v) is 2.53. The molecule has 0 aromatic carbocycles. The number of aromatic nitrogens is 2. The van der Waals surface area contributed by atoms with E-state index < -0.39 is 0 Å². The van der Waals surface area contributed by atoms with Gasteiger partial charge in [-0.3, -0.25) is 9.69 Å². The number of anilines is 1. The van der Waals surface area contributed by atoms with Gasteiger partial charge in [0.25, 0.3) is 5.56 Å². The number of aromatic amines is 1. The van der Waals surface area contributed by atoms with Gasteiger partial charge in [0.2, 0.25) is 0 Å². The molecule has 1 aromatic heterocycles. The van der Waals surface area contributed by atoms with E-state index in [9.17, 15) is 4.79 Å².